The van der Waals surface area contributed by atoms with Gasteiger partial charge in [0.1, 0.15) is 12.2 Å². The molecule has 1 aliphatic heterocycles. The highest BCUT2D eigenvalue weighted by Crippen LogP contribution is 2.35. The first kappa shape index (κ1) is 23.2. The lowest BCUT2D eigenvalue weighted by molar-refractivity contribution is -0.133. The average molecular weight is 519 g/mol. The van der Waals surface area contributed by atoms with Crippen LogP contribution in [-0.2, 0) is 16.6 Å². The van der Waals surface area contributed by atoms with Crippen molar-refractivity contribution < 1.29 is 13.9 Å². The minimum atomic E-state index is -0.0830. The molecule has 12 heteroatoms. The molecule has 37 heavy (non-hydrogen) atoms. The maximum Gasteiger partial charge on any atom is 0.323 e. The molecule has 11 nitrogen and oxygen atoms in total. The van der Waals surface area contributed by atoms with E-state index in [0.717, 1.165) is 16.5 Å². The molecule has 6 rings (SSSR count). The Labute approximate surface area is 216 Å². The topological polar surface area (TPSA) is 118 Å². The number of aromatic nitrogens is 6. The van der Waals surface area contributed by atoms with E-state index in [1.807, 2.05) is 37.5 Å². The third-order valence-corrected chi connectivity index (χ3v) is 6.56. The molecule has 0 bridgehead atoms. The van der Waals surface area contributed by atoms with Crippen molar-refractivity contribution in [1.29, 1.82) is 0 Å². The summed E-state index contributed by atoms with van der Waals surface area (Å²) in [5.74, 6) is 0.211. The van der Waals surface area contributed by atoms with Crippen LogP contribution in [0.2, 0.25) is 5.02 Å². The van der Waals surface area contributed by atoms with Crippen LogP contribution in [0.25, 0.3) is 33.6 Å². The Balaban J connectivity index is 1.36. The summed E-state index contributed by atoms with van der Waals surface area (Å²) in [5.41, 5.74) is 3.84. The molecule has 0 saturated carbocycles. The Morgan fingerprint density at radius 2 is 2.00 bits per heavy atom. The van der Waals surface area contributed by atoms with Crippen molar-refractivity contribution in [3.05, 3.63) is 60.1 Å². The number of aryl methyl sites for hydroxylation is 1. The lowest BCUT2D eigenvalue weighted by atomic mass is 10.1. The van der Waals surface area contributed by atoms with Crippen LogP contribution >= 0.6 is 11.6 Å². The number of morpholine rings is 1. The van der Waals surface area contributed by atoms with E-state index < -0.39 is 0 Å². The van der Waals surface area contributed by atoms with Crippen molar-refractivity contribution in [2.45, 2.75) is 0 Å². The lowest BCUT2D eigenvalue weighted by Crippen LogP contribution is -2.45. The molecule has 0 atom stereocenters. The summed E-state index contributed by atoms with van der Waals surface area (Å²) in [4.78, 5) is 24.2. The Bertz CT molecular complexity index is 1570. The molecular formula is C25H23ClN8O3. The van der Waals surface area contributed by atoms with E-state index in [1.165, 1.54) is 0 Å². The van der Waals surface area contributed by atoms with Crippen LogP contribution in [0.15, 0.2) is 59.5 Å². The number of benzene rings is 1. The minimum absolute atomic E-state index is 0.00797. The second-order valence-electron chi connectivity index (χ2n) is 8.65. The summed E-state index contributed by atoms with van der Waals surface area (Å²) in [6.07, 6.45) is 7.27. The Hall–Kier alpha value is -4.22. The van der Waals surface area contributed by atoms with Gasteiger partial charge in [-0.25, -0.2) is 4.98 Å². The molecule has 1 aromatic carbocycles. The molecule has 0 radical (unpaired) electrons. The van der Waals surface area contributed by atoms with Gasteiger partial charge < -0.3 is 19.0 Å². The summed E-state index contributed by atoms with van der Waals surface area (Å²) >= 11 is 6.50. The molecule has 1 aliphatic rings. The van der Waals surface area contributed by atoms with Crippen LogP contribution in [0.1, 0.15) is 0 Å². The number of rotatable bonds is 6. The molecule has 0 aliphatic carbocycles. The summed E-state index contributed by atoms with van der Waals surface area (Å²) in [6.45, 7) is 2.08. The monoisotopic (exact) mass is 518 g/mol. The molecule has 1 saturated heterocycles. The van der Waals surface area contributed by atoms with Crippen molar-refractivity contribution in [2.24, 2.45) is 7.05 Å². The van der Waals surface area contributed by atoms with Gasteiger partial charge in [0.15, 0.2) is 0 Å². The number of halogens is 1. The molecule has 188 valence electrons. The van der Waals surface area contributed by atoms with Crippen molar-refractivity contribution in [2.75, 3.05) is 37.7 Å². The van der Waals surface area contributed by atoms with Crippen molar-refractivity contribution >= 4 is 40.2 Å². The molecular weight excluding hydrogens is 496 g/mol. The zero-order chi connectivity index (χ0) is 25.4. The first-order valence-electron chi connectivity index (χ1n) is 11.7. The number of anilines is 2. The third kappa shape index (κ3) is 4.54. The van der Waals surface area contributed by atoms with Gasteiger partial charge in [-0.2, -0.15) is 5.10 Å². The maximum atomic E-state index is 13.1. The van der Waals surface area contributed by atoms with Crippen molar-refractivity contribution in [3.63, 3.8) is 0 Å². The number of fused-ring (bicyclic) bond motifs is 1. The number of hydrogen-bond acceptors (Lipinski definition) is 8. The van der Waals surface area contributed by atoms with Gasteiger partial charge in [-0.3, -0.25) is 14.4 Å². The highest BCUT2D eigenvalue weighted by Gasteiger charge is 2.26. The number of carbonyl (C=O) groups excluding carboxylic acids is 1. The van der Waals surface area contributed by atoms with E-state index >= 15 is 0 Å². The summed E-state index contributed by atoms with van der Waals surface area (Å²) < 4.78 is 13.2. The van der Waals surface area contributed by atoms with Crippen LogP contribution in [0.5, 0.6) is 0 Å². The van der Waals surface area contributed by atoms with Crippen LogP contribution in [0.4, 0.5) is 11.7 Å². The lowest BCUT2D eigenvalue weighted by Gasteiger charge is -2.29. The predicted octanol–water partition coefficient (Wildman–Crippen LogP) is 3.66. The fraction of sp³-hybridized carbons (Fsp3) is 0.240. The van der Waals surface area contributed by atoms with E-state index in [9.17, 15) is 4.79 Å². The Morgan fingerprint density at radius 3 is 2.78 bits per heavy atom. The molecule has 4 aromatic heterocycles. The van der Waals surface area contributed by atoms with Crippen LogP contribution < -0.4 is 4.90 Å². The van der Waals surface area contributed by atoms with Gasteiger partial charge in [0, 0.05) is 55.2 Å². The smallest absolute Gasteiger partial charge is 0.323 e. The molecule has 1 amide bonds. The molecule has 1 N–H and O–H groups in total. The second-order valence-corrected chi connectivity index (χ2v) is 9.05. The second kappa shape index (κ2) is 9.68. The van der Waals surface area contributed by atoms with Gasteiger partial charge in [0.25, 0.3) is 5.89 Å². The number of aromatic amines is 1. The molecule has 0 spiro atoms. The fourth-order valence-electron chi connectivity index (χ4n) is 4.32. The number of pyridine rings is 1. The molecule has 0 unspecified atom stereocenters. The minimum Gasteiger partial charge on any atom is -0.403 e. The van der Waals surface area contributed by atoms with E-state index in [1.54, 1.807) is 39.1 Å². The van der Waals surface area contributed by atoms with Gasteiger partial charge in [-0.15, -0.1) is 5.10 Å². The summed E-state index contributed by atoms with van der Waals surface area (Å²) in [6, 6.07) is 9.40. The molecule has 5 aromatic rings. The number of nitrogens with zero attached hydrogens (tertiary/aromatic N) is 7. The van der Waals surface area contributed by atoms with E-state index in [-0.39, 0.29) is 18.5 Å². The number of para-hydroxylation sites is 1. The van der Waals surface area contributed by atoms with Crippen molar-refractivity contribution in [1.82, 2.24) is 34.8 Å². The Morgan fingerprint density at radius 1 is 1.16 bits per heavy atom. The number of amides is 1. The van der Waals surface area contributed by atoms with Gasteiger partial charge in [-0.05, 0) is 18.2 Å². The maximum absolute atomic E-state index is 13.1. The number of hydrogen-bond donors (Lipinski definition) is 1. The Kier molecular flexibility index (Phi) is 6.07. The van der Waals surface area contributed by atoms with E-state index in [0.29, 0.717) is 54.1 Å². The quantitative estimate of drug-likeness (QED) is 0.362. The number of nitrogens with one attached hydrogen (secondary N) is 1. The SMILES string of the molecule is Cn1cc(-c2cnc3[nH]cc(-c4nnc(N(CC(=O)N5CCOCC5)c5ccccc5Cl)o4)c3c2)cn1. The number of carbonyl (C=O) groups is 1. The third-order valence-electron chi connectivity index (χ3n) is 6.25. The van der Waals surface area contributed by atoms with Gasteiger partial charge in [0.05, 0.1) is 35.7 Å². The van der Waals surface area contributed by atoms with Crippen LogP contribution in [0, 0.1) is 0 Å². The first-order chi connectivity index (χ1) is 18.1. The molecule has 1 fully saturated rings. The standard InChI is InChI=1S/C25H23ClN8O3/c1-32-14-17(12-29-32)16-10-18-19(13-28-23(18)27-11-16)24-30-31-25(37-24)34(21-5-3-2-4-20(21)26)15-22(35)33-6-8-36-9-7-33/h2-5,10-14H,6-9,15H2,1H3,(H,27,28). The first-order valence-corrected chi connectivity index (χ1v) is 12.1. The van der Waals surface area contributed by atoms with Crippen LogP contribution in [0.3, 0.4) is 0 Å². The fourth-order valence-corrected chi connectivity index (χ4v) is 4.55. The highest BCUT2D eigenvalue weighted by atomic mass is 35.5. The predicted molar refractivity (Wildman–Crippen MR) is 137 cm³/mol. The van der Waals surface area contributed by atoms with Crippen molar-refractivity contribution in [3.8, 4) is 22.6 Å². The van der Waals surface area contributed by atoms with Gasteiger partial charge in [0.2, 0.25) is 5.91 Å². The normalized spacial score (nSPS) is 13.8. The van der Waals surface area contributed by atoms with E-state index in [4.69, 9.17) is 20.8 Å². The average Bonchev–Trinajstić information content (AvgIpc) is 3.67. The summed E-state index contributed by atoms with van der Waals surface area (Å²) in [5, 5.41) is 14.1. The number of H-pyrrole nitrogens is 1. The zero-order valence-corrected chi connectivity index (χ0v) is 20.7. The summed E-state index contributed by atoms with van der Waals surface area (Å²) in [7, 11) is 1.87. The number of ether oxygens (including phenoxy) is 1. The van der Waals surface area contributed by atoms with E-state index in [2.05, 4.69) is 25.3 Å². The molecule has 5 heterocycles. The zero-order valence-electron chi connectivity index (χ0n) is 20.0. The van der Waals surface area contributed by atoms with Crippen LogP contribution in [-0.4, -0.2) is 73.6 Å². The highest BCUT2D eigenvalue weighted by molar-refractivity contribution is 6.33. The van der Waals surface area contributed by atoms with Gasteiger partial charge in [-0.1, -0.05) is 28.8 Å². The van der Waals surface area contributed by atoms with Gasteiger partial charge >= 0.3 is 6.01 Å². The largest absolute Gasteiger partial charge is 0.403 e.